The molecule has 3 rings (SSSR count). The van der Waals surface area contributed by atoms with Crippen molar-refractivity contribution in [2.75, 3.05) is 14.2 Å². The molecule has 1 aliphatic rings. The second-order valence-electron chi connectivity index (χ2n) is 7.10. The van der Waals surface area contributed by atoms with Crippen molar-refractivity contribution in [2.24, 2.45) is 5.92 Å². The molecule has 0 spiro atoms. The smallest absolute Gasteiger partial charge is 0.274 e. The van der Waals surface area contributed by atoms with Gasteiger partial charge < -0.3 is 20.1 Å². The number of methoxy groups -OCH3 is 2. The van der Waals surface area contributed by atoms with E-state index < -0.39 is 5.91 Å². The van der Waals surface area contributed by atoms with Crippen LogP contribution in [0.15, 0.2) is 18.2 Å². The number of aromatic nitrogens is 3. The number of nitrogens with one attached hydrogen (secondary N) is 2. The second kappa shape index (κ2) is 8.28. The molecular formula is C19H25N5O4. The molecule has 28 heavy (non-hydrogen) atoms. The Labute approximate surface area is 163 Å². The van der Waals surface area contributed by atoms with Crippen LogP contribution in [0.25, 0.3) is 0 Å². The van der Waals surface area contributed by atoms with Crippen LogP contribution < -0.4 is 20.1 Å². The topological polar surface area (TPSA) is 107 Å². The van der Waals surface area contributed by atoms with Gasteiger partial charge in [-0.25, -0.2) is 4.68 Å². The Morgan fingerprint density at radius 2 is 2.14 bits per heavy atom. The van der Waals surface area contributed by atoms with E-state index in [2.05, 4.69) is 34.8 Å². The largest absolute Gasteiger partial charge is 0.493 e. The van der Waals surface area contributed by atoms with Gasteiger partial charge in [-0.05, 0) is 18.4 Å². The van der Waals surface area contributed by atoms with Crippen LogP contribution in [0, 0.1) is 5.92 Å². The van der Waals surface area contributed by atoms with E-state index in [0.717, 1.165) is 12.0 Å². The summed E-state index contributed by atoms with van der Waals surface area (Å²) in [5.74, 6) is 0.765. The first-order valence-corrected chi connectivity index (χ1v) is 9.17. The van der Waals surface area contributed by atoms with Crippen LogP contribution in [0.1, 0.15) is 46.8 Å². The van der Waals surface area contributed by atoms with Gasteiger partial charge in [-0.3, -0.25) is 9.59 Å². The van der Waals surface area contributed by atoms with Gasteiger partial charge in [0.2, 0.25) is 0 Å². The lowest BCUT2D eigenvalue weighted by Gasteiger charge is -2.25. The number of hydrogen-bond acceptors (Lipinski definition) is 6. The third-order valence-electron chi connectivity index (χ3n) is 4.57. The molecule has 1 aliphatic heterocycles. The fourth-order valence-electron chi connectivity index (χ4n) is 3.38. The molecule has 0 bridgehead atoms. The van der Waals surface area contributed by atoms with E-state index >= 15 is 0 Å². The summed E-state index contributed by atoms with van der Waals surface area (Å²) in [6.07, 6.45) is 0.836. The molecule has 2 N–H and O–H groups in total. The van der Waals surface area contributed by atoms with Crippen molar-refractivity contribution in [3.8, 4) is 11.5 Å². The van der Waals surface area contributed by atoms with Crippen LogP contribution in [0.5, 0.6) is 11.5 Å². The average molecular weight is 387 g/mol. The standard InChI is InChI=1S/C19H25N5O4/c1-11(2)8-13-10-24-16(19(26)21-13)15(22-23-24)18(25)20-9-12-6-5-7-14(27-3)17(12)28-4/h5-7,11,13H,8-10H2,1-4H3,(H,20,25)(H,21,26)/t13-/m0/s1. The highest BCUT2D eigenvalue weighted by molar-refractivity contribution is 6.05. The summed E-state index contributed by atoms with van der Waals surface area (Å²) >= 11 is 0. The summed E-state index contributed by atoms with van der Waals surface area (Å²) in [5.41, 5.74) is 0.954. The van der Waals surface area contributed by atoms with Crippen molar-refractivity contribution in [1.29, 1.82) is 0 Å². The fraction of sp³-hybridized carbons (Fsp3) is 0.474. The Balaban J connectivity index is 1.74. The van der Waals surface area contributed by atoms with Crippen molar-refractivity contribution >= 4 is 11.8 Å². The molecule has 0 saturated carbocycles. The van der Waals surface area contributed by atoms with E-state index in [1.807, 2.05) is 12.1 Å². The molecule has 1 aromatic carbocycles. The molecule has 0 saturated heterocycles. The molecule has 0 fully saturated rings. The molecule has 9 heteroatoms. The molecule has 1 atom stereocenters. The van der Waals surface area contributed by atoms with E-state index in [0.29, 0.717) is 24.0 Å². The van der Waals surface area contributed by atoms with Crippen LogP contribution >= 0.6 is 0 Å². The minimum Gasteiger partial charge on any atom is -0.493 e. The fourth-order valence-corrected chi connectivity index (χ4v) is 3.38. The van der Waals surface area contributed by atoms with Gasteiger partial charge in [0.05, 0.1) is 20.8 Å². The summed E-state index contributed by atoms with van der Waals surface area (Å²) in [6, 6.07) is 5.40. The predicted octanol–water partition coefficient (Wildman–Crippen LogP) is 1.38. The highest BCUT2D eigenvalue weighted by Gasteiger charge is 2.32. The van der Waals surface area contributed by atoms with E-state index in [1.165, 1.54) is 11.8 Å². The summed E-state index contributed by atoms with van der Waals surface area (Å²) < 4.78 is 12.1. The third kappa shape index (κ3) is 3.92. The van der Waals surface area contributed by atoms with Gasteiger partial charge in [0.1, 0.15) is 0 Å². The number of benzene rings is 1. The molecule has 9 nitrogen and oxygen atoms in total. The molecule has 1 aromatic heterocycles. The minimum absolute atomic E-state index is 0.0151. The first kappa shape index (κ1) is 19.7. The quantitative estimate of drug-likeness (QED) is 0.743. The van der Waals surface area contributed by atoms with Crippen molar-refractivity contribution in [1.82, 2.24) is 25.6 Å². The van der Waals surface area contributed by atoms with Crippen LogP contribution in [-0.4, -0.2) is 47.1 Å². The van der Waals surface area contributed by atoms with Crippen LogP contribution in [0.2, 0.25) is 0 Å². The zero-order chi connectivity index (χ0) is 20.3. The molecule has 2 aromatic rings. The molecule has 0 radical (unpaired) electrons. The maximum atomic E-state index is 12.6. The third-order valence-corrected chi connectivity index (χ3v) is 4.57. The van der Waals surface area contributed by atoms with Crippen LogP contribution in [-0.2, 0) is 13.1 Å². The minimum atomic E-state index is -0.469. The van der Waals surface area contributed by atoms with Gasteiger partial charge in [-0.1, -0.05) is 31.2 Å². The van der Waals surface area contributed by atoms with Gasteiger partial charge in [0.25, 0.3) is 11.8 Å². The molecule has 2 amide bonds. The van der Waals surface area contributed by atoms with Crippen LogP contribution in [0.4, 0.5) is 0 Å². The second-order valence-corrected chi connectivity index (χ2v) is 7.10. The highest BCUT2D eigenvalue weighted by atomic mass is 16.5. The Hall–Kier alpha value is -3.10. The van der Waals surface area contributed by atoms with Crippen molar-refractivity contribution in [3.05, 3.63) is 35.2 Å². The molecule has 2 heterocycles. The molecular weight excluding hydrogens is 362 g/mol. The van der Waals surface area contributed by atoms with Crippen LogP contribution in [0.3, 0.4) is 0 Å². The van der Waals surface area contributed by atoms with Gasteiger partial charge in [0, 0.05) is 18.2 Å². The number of nitrogens with zero attached hydrogens (tertiary/aromatic N) is 3. The SMILES string of the molecule is COc1cccc(CNC(=O)c2nnn3c2C(=O)N[C@@H](CC(C)C)C3)c1OC. The number of rotatable bonds is 7. The number of para-hydroxylation sites is 1. The number of ether oxygens (including phenoxy) is 2. The summed E-state index contributed by atoms with van der Waals surface area (Å²) in [7, 11) is 3.09. The normalized spacial score (nSPS) is 15.8. The monoisotopic (exact) mass is 387 g/mol. The van der Waals surface area contributed by atoms with Gasteiger partial charge in [0.15, 0.2) is 22.9 Å². The van der Waals surface area contributed by atoms with Crippen molar-refractivity contribution in [2.45, 2.75) is 39.4 Å². The lowest BCUT2D eigenvalue weighted by Crippen LogP contribution is -2.46. The van der Waals surface area contributed by atoms with Gasteiger partial charge >= 0.3 is 0 Å². The Morgan fingerprint density at radius 1 is 1.36 bits per heavy atom. The van der Waals surface area contributed by atoms with E-state index in [-0.39, 0.29) is 29.9 Å². The average Bonchev–Trinajstić information content (AvgIpc) is 3.09. The Morgan fingerprint density at radius 3 is 2.82 bits per heavy atom. The van der Waals surface area contributed by atoms with E-state index in [4.69, 9.17) is 9.47 Å². The highest BCUT2D eigenvalue weighted by Crippen LogP contribution is 2.30. The zero-order valence-corrected chi connectivity index (χ0v) is 16.5. The Kier molecular flexibility index (Phi) is 5.81. The van der Waals surface area contributed by atoms with Gasteiger partial charge in [-0.15, -0.1) is 5.10 Å². The lowest BCUT2D eigenvalue weighted by molar-refractivity contribution is 0.0870. The van der Waals surface area contributed by atoms with Gasteiger partial charge in [-0.2, -0.15) is 0 Å². The molecule has 0 unspecified atom stereocenters. The summed E-state index contributed by atoms with van der Waals surface area (Å²) in [4.78, 5) is 25.1. The van der Waals surface area contributed by atoms with E-state index in [9.17, 15) is 9.59 Å². The van der Waals surface area contributed by atoms with Crippen molar-refractivity contribution in [3.63, 3.8) is 0 Å². The summed E-state index contributed by atoms with van der Waals surface area (Å²) in [5, 5.41) is 13.6. The number of hydrogen-bond donors (Lipinski definition) is 2. The maximum Gasteiger partial charge on any atom is 0.274 e. The number of carbonyl (C=O) groups excluding carboxylic acids is 2. The van der Waals surface area contributed by atoms with E-state index in [1.54, 1.807) is 13.2 Å². The zero-order valence-electron chi connectivity index (χ0n) is 16.5. The van der Waals surface area contributed by atoms with Crippen molar-refractivity contribution < 1.29 is 19.1 Å². The maximum absolute atomic E-state index is 12.6. The molecule has 150 valence electrons. The number of fused-ring (bicyclic) bond motifs is 1. The first-order chi connectivity index (χ1) is 13.4. The summed E-state index contributed by atoms with van der Waals surface area (Å²) in [6.45, 7) is 4.88. The molecule has 0 aliphatic carbocycles. The lowest BCUT2D eigenvalue weighted by atomic mass is 10.0. The Bertz CT molecular complexity index is 877. The number of carbonyl (C=O) groups is 2. The predicted molar refractivity (Wildman–Crippen MR) is 101 cm³/mol. The number of amides is 2. The first-order valence-electron chi connectivity index (χ1n) is 9.17.